The number of hydrogen-bond donors (Lipinski definition) is 2. The lowest BCUT2D eigenvalue weighted by molar-refractivity contribution is -0.128. The van der Waals surface area contributed by atoms with Crippen LogP contribution in [0.3, 0.4) is 0 Å². The van der Waals surface area contributed by atoms with E-state index in [4.69, 9.17) is 4.74 Å². The van der Waals surface area contributed by atoms with Gasteiger partial charge in [0.15, 0.2) is 0 Å². The zero-order valence-electron chi connectivity index (χ0n) is 10.9. The fourth-order valence-corrected chi connectivity index (χ4v) is 2.98. The summed E-state index contributed by atoms with van der Waals surface area (Å²) >= 11 is 0. The Balaban J connectivity index is 1.96. The fraction of sp³-hybridized carbons (Fsp3) is 0.923. The number of hydrogen-bond acceptors (Lipinski definition) is 3. The minimum absolute atomic E-state index is 0.152. The number of carbonyl (C=O) groups excluding carboxylic acids is 1. The van der Waals surface area contributed by atoms with Crippen molar-refractivity contribution in [1.82, 2.24) is 10.6 Å². The number of ether oxygens (including phenoxy) is 1. The minimum Gasteiger partial charge on any atom is -0.376 e. The molecule has 98 valence electrons. The monoisotopic (exact) mass is 240 g/mol. The van der Waals surface area contributed by atoms with E-state index >= 15 is 0 Å². The molecule has 2 heterocycles. The van der Waals surface area contributed by atoms with E-state index in [1.165, 1.54) is 0 Å². The van der Waals surface area contributed by atoms with Crippen LogP contribution in [0.25, 0.3) is 0 Å². The molecule has 2 aliphatic rings. The molecular weight excluding hydrogens is 216 g/mol. The summed E-state index contributed by atoms with van der Waals surface area (Å²) in [5.41, 5.74) is -0.308. The third-order valence-electron chi connectivity index (χ3n) is 4.05. The largest absolute Gasteiger partial charge is 0.376 e. The molecule has 2 aliphatic heterocycles. The molecule has 0 radical (unpaired) electrons. The molecule has 1 amide bonds. The van der Waals surface area contributed by atoms with E-state index in [0.717, 1.165) is 45.3 Å². The van der Waals surface area contributed by atoms with Crippen molar-refractivity contribution >= 4 is 5.91 Å². The Bertz CT molecular complexity index is 275. The van der Waals surface area contributed by atoms with Gasteiger partial charge in [0.25, 0.3) is 0 Å². The van der Waals surface area contributed by atoms with Gasteiger partial charge in [-0.1, -0.05) is 13.3 Å². The molecule has 2 N–H and O–H groups in total. The molecule has 0 aliphatic carbocycles. The Hall–Kier alpha value is -0.610. The lowest BCUT2D eigenvalue weighted by Gasteiger charge is -2.30. The van der Waals surface area contributed by atoms with Gasteiger partial charge in [-0.3, -0.25) is 4.79 Å². The summed E-state index contributed by atoms with van der Waals surface area (Å²) in [6.45, 7) is 5.90. The summed E-state index contributed by atoms with van der Waals surface area (Å²) in [5, 5.41) is 6.58. The van der Waals surface area contributed by atoms with Crippen molar-refractivity contribution in [2.24, 2.45) is 0 Å². The van der Waals surface area contributed by atoms with Gasteiger partial charge in [0.05, 0.1) is 17.7 Å². The van der Waals surface area contributed by atoms with Crippen LogP contribution in [-0.2, 0) is 9.53 Å². The third kappa shape index (κ3) is 2.63. The first-order valence-electron chi connectivity index (χ1n) is 6.85. The maximum absolute atomic E-state index is 12.4. The Morgan fingerprint density at radius 3 is 2.94 bits per heavy atom. The highest BCUT2D eigenvalue weighted by atomic mass is 16.5. The van der Waals surface area contributed by atoms with E-state index < -0.39 is 0 Å². The molecule has 2 saturated heterocycles. The van der Waals surface area contributed by atoms with Crippen molar-refractivity contribution in [2.75, 3.05) is 13.2 Å². The van der Waals surface area contributed by atoms with Gasteiger partial charge in [0.2, 0.25) is 5.91 Å². The Morgan fingerprint density at radius 2 is 2.41 bits per heavy atom. The second-order valence-electron chi connectivity index (χ2n) is 5.31. The molecule has 2 rings (SSSR count). The first-order valence-corrected chi connectivity index (χ1v) is 6.85. The second-order valence-corrected chi connectivity index (χ2v) is 5.31. The van der Waals surface area contributed by atoms with Crippen LogP contribution in [-0.4, -0.2) is 36.7 Å². The molecule has 0 saturated carbocycles. The van der Waals surface area contributed by atoms with Crippen LogP contribution in [0.2, 0.25) is 0 Å². The predicted octanol–water partition coefficient (Wildman–Crippen LogP) is 1.20. The molecule has 0 bridgehead atoms. The number of nitrogens with one attached hydrogen (secondary N) is 2. The number of amides is 1. The van der Waals surface area contributed by atoms with Crippen LogP contribution in [0.4, 0.5) is 0 Å². The van der Waals surface area contributed by atoms with Crippen molar-refractivity contribution < 1.29 is 9.53 Å². The van der Waals surface area contributed by atoms with Gasteiger partial charge in [-0.05, 0) is 39.2 Å². The van der Waals surface area contributed by atoms with Gasteiger partial charge in [0, 0.05) is 6.61 Å². The minimum atomic E-state index is -0.308. The zero-order valence-corrected chi connectivity index (χ0v) is 10.9. The first-order chi connectivity index (χ1) is 8.18. The van der Waals surface area contributed by atoms with E-state index in [1.54, 1.807) is 0 Å². The van der Waals surface area contributed by atoms with Crippen LogP contribution < -0.4 is 10.6 Å². The first kappa shape index (κ1) is 12.8. The van der Waals surface area contributed by atoms with Crippen LogP contribution in [0.5, 0.6) is 0 Å². The third-order valence-corrected chi connectivity index (χ3v) is 4.05. The molecule has 0 aromatic heterocycles. The summed E-state index contributed by atoms with van der Waals surface area (Å²) in [4.78, 5) is 12.4. The average molecular weight is 240 g/mol. The molecular formula is C13H24N2O2. The van der Waals surface area contributed by atoms with Crippen molar-refractivity contribution in [1.29, 1.82) is 0 Å². The molecule has 0 aromatic carbocycles. The van der Waals surface area contributed by atoms with E-state index in [9.17, 15) is 4.79 Å². The lowest BCUT2D eigenvalue weighted by Crippen LogP contribution is -2.56. The van der Waals surface area contributed by atoms with Crippen LogP contribution in [0.1, 0.15) is 46.0 Å². The fourth-order valence-electron chi connectivity index (χ4n) is 2.98. The molecule has 2 fully saturated rings. The highest BCUT2D eigenvalue weighted by Gasteiger charge is 2.41. The maximum Gasteiger partial charge on any atom is 0.240 e. The van der Waals surface area contributed by atoms with Gasteiger partial charge >= 0.3 is 0 Å². The van der Waals surface area contributed by atoms with Crippen LogP contribution in [0.15, 0.2) is 0 Å². The molecule has 17 heavy (non-hydrogen) atoms. The molecule has 3 atom stereocenters. The van der Waals surface area contributed by atoms with Gasteiger partial charge in [-0.15, -0.1) is 0 Å². The molecule has 4 heteroatoms. The summed E-state index contributed by atoms with van der Waals surface area (Å²) < 4.78 is 5.49. The molecule has 0 spiro atoms. The molecule has 3 unspecified atom stereocenters. The van der Waals surface area contributed by atoms with Crippen molar-refractivity contribution in [3.63, 3.8) is 0 Å². The standard InChI is InChI=1S/C13H24N2O2/c1-3-6-13(7-4-8-14-13)12(16)15-11-5-9-17-10(11)2/h10-11,14H,3-9H2,1-2H3,(H,15,16). The van der Waals surface area contributed by atoms with Gasteiger partial charge in [0.1, 0.15) is 0 Å². The zero-order chi connectivity index (χ0) is 12.3. The Kier molecular flexibility index (Phi) is 4.05. The van der Waals surface area contributed by atoms with Crippen LogP contribution in [0, 0.1) is 0 Å². The summed E-state index contributed by atoms with van der Waals surface area (Å²) in [6, 6.07) is 0.193. The SMILES string of the molecule is CCCC1(C(=O)NC2CCOC2C)CCCN1. The van der Waals surface area contributed by atoms with Gasteiger partial charge in [-0.2, -0.15) is 0 Å². The van der Waals surface area contributed by atoms with Crippen molar-refractivity contribution in [2.45, 2.75) is 63.6 Å². The number of carbonyl (C=O) groups is 1. The van der Waals surface area contributed by atoms with Gasteiger partial charge < -0.3 is 15.4 Å². The van der Waals surface area contributed by atoms with Gasteiger partial charge in [-0.25, -0.2) is 0 Å². The van der Waals surface area contributed by atoms with Crippen LogP contribution >= 0.6 is 0 Å². The van der Waals surface area contributed by atoms with E-state index in [2.05, 4.69) is 17.6 Å². The topological polar surface area (TPSA) is 50.4 Å². The smallest absolute Gasteiger partial charge is 0.240 e. The average Bonchev–Trinajstić information content (AvgIpc) is 2.91. The molecule has 0 aromatic rings. The normalized spacial score (nSPS) is 37.3. The van der Waals surface area contributed by atoms with E-state index in [-0.39, 0.29) is 23.6 Å². The molecule has 4 nitrogen and oxygen atoms in total. The Morgan fingerprint density at radius 1 is 1.59 bits per heavy atom. The van der Waals surface area contributed by atoms with Crippen molar-refractivity contribution in [3.8, 4) is 0 Å². The number of rotatable bonds is 4. The predicted molar refractivity (Wildman–Crippen MR) is 66.8 cm³/mol. The Labute approximate surface area is 103 Å². The van der Waals surface area contributed by atoms with Crippen molar-refractivity contribution in [3.05, 3.63) is 0 Å². The summed E-state index contributed by atoms with van der Waals surface area (Å²) in [7, 11) is 0. The summed E-state index contributed by atoms with van der Waals surface area (Å²) in [6.07, 6.45) is 5.13. The second kappa shape index (κ2) is 5.36. The van der Waals surface area contributed by atoms with E-state index in [0.29, 0.717) is 0 Å². The highest BCUT2D eigenvalue weighted by Crippen LogP contribution is 2.26. The maximum atomic E-state index is 12.4. The highest BCUT2D eigenvalue weighted by molar-refractivity contribution is 5.87. The quantitative estimate of drug-likeness (QED) is 0.776. The van der Waals surface area contributed by atoms with E-state index in [1.807, 2.05) is 6.92 Å². The summed E-state index contributed by atoms with van der Waals surface area (Å²) in [5.74, 6) is 0.180. The lowest BCUT2D eigenvalue weighted by atomic mass is 9.90.